The Morgan fingerprint density at radius 1 is 1.31 bits per heavy atom. The molecule has 2 rings (SSSR count). The fourth-order valence-electron chi connectivity index (χ4n) is 1.75. The standard InChI is InChI=1S/C13H14ClNS/c1-9-7-10(8-16-9)13(2,15)11-5-3-4-6-12(11)14/h3-8H,15H2,1-2H3. The van der Waals surface area contributed by atoms with Gasteiger partial charge in [-0.3, -0.25) is 0 Å². The summed E-state index contributed by atoms with van der Waals surface area (Å²) in [5.41, 5.74) is 7.95. The predicted molar refractivity (Wildman–Crippen MR) is 71.1 cm³/mol. The van der Waals surface area contributed by atoms with Crippen LogP contribution in [0.5, 0.6) is 0 Å². The molecular weight excluding hydrogens is 238 g/mol. The van der Waals surface area contributed by atoms with E-state index in [4.69, 9.17) is 17.3 Å². The molecule has 0 radical (unpaired) electrons. The second-order valence-corrected chi connectivity index (χ2v) is 5.65. The molecule has 0 aliphatic carbocycles. The molecule has 1 unspecified atom stereocenters. The van der Waals surface area contributed by atoms with Crippen LogP contribution >= 0.6 is 22.9 Å². The van der Waals surface area contributed by atoms with Crippen LogP contribution in [0.15, 0.2) is 35.7 Å². The third-order valence-corrected chi connectivity index (χ3v) is 3.95. The second kappa shape index (κ2) is 4.21. The van der Waals surface area contributed by atoms with Crippen molar-refractivity contribution < 1.29 is 0 Å². The average molecular weight is 252 g/mol. The molecule has 3 heteroatoms. The van der Waals surface area contributed by atoms with Gasteiger partial charge in [-0.1, -0.05) is 29.8 Å². The normalized spacial score (nSPS) is 14.8. The molecule has 0 saturated heterocycles. The van der Waals surface area contributed by atoms with E-state index in [1.165, 1.54) is 4.88 Å². The van der Waals surface area contributed by atoms with Crippen LogP contribution in [-0.2, 0) is 5.54 Å². The van der Waals surface area contributed by atoms with Gasteiger partial charge in [0.05, 0.1) is 5.54 Å². The maximum Gasteiger partial charge on any atom is 0.0659 e. The molecule has 2 aromatic rings. The van der Waals surface area contributed by atoms with Gasteiger partial charge in [0, 0.05) is 9.90 Å². The summed E-state index contributed by atoms with van der Waals surface area (Å²) < 4.78 is 0. The van der Waals surface area contributed by atoms with E-state index in [2.05, 4.69) is 18.4 Å². The van der Waals surface area contributed by atoms with Crippen LogP contribution in [0.25, 0.3) is 0 Å². The molecule has 0 spiro atoms. The Bertz CT molecular complexity index is 502. The molecule has 1 aromatic heterocycles. The van der Waals surface area contributed by atoms with E-state index in [0.29, 0.717) is 0 Å². The van der Waals surface area contributed by atoms with E-state index in [-0.39, 0.29) is 0 Å². The first-order chi connectivity index (χ1) is 7.51. The Morgan fingerprint density at radius 2 is 2.00 bits per heavy atom. The Balaban J connectivity index is 2.50. The number of hydrogen-bond acceptors (Lipinski definition) is 2. The largest absolute Gasteiger partial charge is 0.318 e. The molecule has 0 saturated carbocycles. The van der Waals surface area contributed by atoms with Crippen LogP contribution in [0.1, 0.15) is 22.9 Å². The molecule has 16 heavy (non-hydrogen) atoms. The first kappa shape index (κ1) is 11.6. The van der Waals surface area contributed by atoms with Crippen molar-refractivity contribution in [1.29, 1.82) is 0 Å². The number of nitrogens with two attached hydrogens (primary N) is 1. The third kappa shape index (κ3) is 2.01. The van der Waals surface area contributed by atoms with Crippen molar-refractivity contribution in [2.45, 2.75) is 19.4 Å². The topological polar surface area (TPSA) is 26.0 Å². The summed E-state index contributed by atoms with van der Waals surface area (Å²) in [5.74, 6) is 0. The number of benzene rings is 1. The van der Waals surface area contributed by atoms with Gasteiger partial charge < -0.3 is 5.73 Å². The monoisotopic (exact) mass is 251 g/mol. The van der Waals surface area contributed by atoms with Crippen molar-refractivity contribution in [1.82, 2.24) is 0 Å². The zero-order valence-electron chi connectivity index (χ0n) is 9.33. The molecule has 0 aliphatic rings. The van der Waals surface area contributed by atoms with Crippen LogP contribution in [0.3, 0.4) is 0 Å². The van der Waals surface area contributed by atoms with Gasteiger partial charge in [-0.2, -0.15) is 0 Å². The van der Waals surface area contributed by atoms with Gasteiger partial charge in [-0.15, -0.1) is 11.3 Å². The zero-order valence-corrected chi connectivity index (χ0v) is 10.9. The summed E-state index contributed by atoms with van der Waals surface area (Å²) in [7, 11) is 0. The Morgan fingerprint density at radius 3 is 2.56 bits per heavy atom. The highest BCUT2D eigenvalue weighted by atomic mass is 35.5. The lowest BCUT2D eigenvalue weighted by atomic mass is 9.87. The minimum absolute atomic E-state index is 0.525. The summed E-state index contributed by atoms with van der Waals surface area (Å²) in [6, 6.07) is 9.86. The van der Waals surface area contributed by atoms with E-state index in [1.54, 1.807) is 11.3 Å². The SMILES string of the molecule is Cc1cc(C(C)(N)c2ccccc2Cl)cs1. The number of aryl methyl sites for hydroxylation is 1. The molecule has 0 aliphatic heterocycles. The molecule has 1 nitrogen and oxygen atoms in total. The van der Waals surface area contributed by atoms with Crippen molar-refractivity contribution in [2.75, 3.05) is 0 Å². The van der Waals surface area contributed by atoms with Crippen molar-refractivity contribution >= 4 is 22.9 Å². The van der Waals surface area contributed by atoms with Crippen molar-refractivity contribution in [3.8, 4) is 0 Å². The first-order valence-corrected chi connectivity index (χ1v) is 6.37. The van der Waals surface area contributed by atoms with E-state index in [9.17, 15) is 0 Å². The van der Waals surface area contributed by atoms with Gasteiger partial charge in [-0.05, 0) is 42.5 Å². The molecular formula is C13H14ClNS. The maximum atomic E-state index is 6.40. The molecule has 0 bridgehead atoms. The van der Waals surface area contributed by atoms with Crippen LogP contribution in [0.4, 0.5) is 0 Å². The van der Waals surface area contributed by atoms with Crippen LogP contribution < -0.4 is 5.73 Å². The van der Waals surface area contributed by atoms with E-state index in [0.717, 1.165) is 16.1 Å². The Hall–Kier alpha value is -0.830. The first-order valence-electron chi connectivity index (χ1n) is 5.11. The van der Waals surface area contributed by atoms with Gasteiger partial charge in [0.2, 0.25) is 0 Å². The molecule has 0 fully saturated rings. The van der Waals surface area contributed by atoms with Crippen molar-refractivity contribution in [3.63, 3.8) is 0 Å². The summed E-state index contributed by atoms with van der Waals surface area (Å²) in [5, 5.41) is 2.81. The Kier molecular flexibility index (Phi) is 3.06. The molecule has 0 amide bonds. The second-order valence-electron chi connectivity index (χ2n) is 4.13. The van der Waals surface area contributed by atoms with Gasteiger partial charge in [0.15, 0.2) is 0 Å². The van der Waals surface area contributed by atoms with Gasteiger partial charge in [0.25, 0.3) is 0 Å². The highest BCUT2D eigenvalue weighted by molar-refractivity contribution is 7.10. The maximum absolute atomic E-state index is 6.40. The average Bonchev–Trinajstić information content (AvgIpc) is 2.66. The predicted octanol–water partition coefficient (Wildman–Crippen LogP) is 3.93. The third-order valence-electron chi connectivity index (χ3n) is 2.76. The zero-order chi connectivity index (χ0) is 11.8. The summed E-state index contributed by atoms with van der Waals surface area (Å²) >= 11 is 7.90. The van der Waals surface area contributed by atoms with Crippen LogP contribution in [0, 0.1) is 6.92 Å². The van der Waals surface area contributed by atoms with Crippen LogP contribution in [-0.4, -0.2) is 0 Å². The Labute approximate surface area is 105 Å². The summed E-state index contributed by atoms with van der Waals surface area (Å²) in [6.07, 6.45) is 0. The fourth-order valence-corrected chi connectivity index (χ4v) is 2.91. The van der Waals surface area contributed by atoms with Crippen LogP contribution in [0.2, 0.25) is 5.02 Å². The smallest absolute Gasteiger partial charge is 0.0659 e. The number of rotatable bonds is 2. The fraction of sp³-hybridized carbons (Fsp3) is 0.231. The molecule has 84 valence electrons. The van der Waals surface area contributed by atoms with Gasteiger partial charge in [-0.25, -0.2) is 0 Å². The van der Waals surface area contributed by atoms with E-state index in [1.807, 2.05) is 31.2 Å². The molecule has 1 aromatic carbocycles. The van der Waals surface area contributed by atoms with E-state index < -0.39 is 5.54 Å². The quantitative estimate of drug-likeness (QED) is 0.860. The van der Waals surface area contributed by atoms with Gasteiger partial charge >= 0.3 is 0 Å². The minimum atomic E-state index is -0.525. The van der Waals surface area contributed by atoms with Crippen molar-refractivity contribution in [3.05, 3.63) is 56.7 Å². The highest BCUT2D eigenvalue weighted by Crippen LogP contribution is 2.33. The molecule has 2 N–H and O–H groups in total. The van der Waals surface area contributed by atoms with Gasteiger partial charge in [0.1, 0.15) is 0 Å². The lowest BCUT2D eigenvalue weighted by Crippen LogP contribution is -2.34. The minimum Gasteiger partial charge on any atom is -0.318 e. The lowest BCUT2D eigenvalue weighted by molar-refractivity contribution is 0.605. The number of hydrogen-bond donors (Lipinski definition) is 1. The summed E-state index contributed by atoms with van der Waals surface area (Å²) in [4.78, 5) is 1.26. The molecule has 1 heterocycles. The van der Waals surface area contributed by atoms with Crippen molar-refractivity contribution in [2.24, 2.45) is 5.73 Å². The highest BCUT2D eigenvalue weighted by Gasteiger charge is 2.26. The number of thiophene rings is 1. The summed E-state index contributed by atoms with van der Waals surface area (Å²) in [6.45, 7) is 4.08. The molecule has 1 atom stereocenters. The number of halogens is 1. The van der Waals surface area contributed by atoms with E-state index >= 15 is 0 Å². The lowest BCUT2D eigenvalue weighted by Gasteiger charge is -2.25.